The third-order valence-electron chi connectivity index (χ3n) is 5.67. The van der Waals surface area contributed by atoms with E-state index in [-0.39, 0.29) is 0 Å². The van der Waals surface area contributed by atoms with Crippen LogP contribution in [-0.2, 0) is 9.39 Å². The number of ether oxygens (including phenoxy) is 1. The molecule has 1 aromatic carbocycles. The summed E-state index contributed by atoms with van der Waals surface area (Å²) in [4.78, 5) is 4.97. The zero-order valence-electron chi connectivity index (χ0n) is 15.9. The van der Waals surface area contributed by atoms with Gasteiger partial charge in [0.05, 0.1) is 30.5 Å². The molecule has 0 amide bonds. The van der Waals surface area contributed by atoms with Crippen LogP contribution in [-0.4, -0.2) is 74.1 Å². The first-order valence-electron chi connectivity index (χ1n) is 9.16. The highest BCUT2D eigenvalue weighted by atomic mass is 16.5. The lowest BCUT2D eigenvalue weighted by molar-refractivity contribution is -0.0893. The molecule has 0 unspecified atom stereocenters. The molecular weight excluding hydrogens is 315 g/mol. The van der Waals surface area contributed by atoms with Gasteiger partial charge in [0.15, 0.2) is 0 Å². The van der Waals surface area contributed by atoms with Crippen molar-refractivity contribution in [1.82, 2.24) is 4.90 Å². The standard InChI is InChI=1S/C19H30BN2O3/c1-18(2,23)19(3,4)25-20-15-5-7-16(8-6-15)21-9-11-22(12-10-21)17-13-24-14-17/h5-8,17,23H,9-14H2,1-4H3. The van der Waals surface area contributed by atoms with Gasteiger partial charge in [-0.2, -0.15) is 0 Å². The van der Waals surface area contributed by atoms with Gasteiger partial charge in [-0.25, -0.2) is 0 Å². The first-order valence-corrected chi connectivity index (χ1v) is 9.16. The predicted octanol–water partition coefficient (Wildman–Crippen LogP) is 1.02. The van der Waals surface area contributed by atoms with Gasteiger partial charge in [0.25, 0.3) is 0 Å². The number of anilines is 1. The number of rotatable bonds is 6. The fourth-order valence-corrected chi connectivity index (χ4v) is 2.90. The lowest BCUT2D eigenvalue weighted by Gasteiger charge is -2.43. The van der Waals surface area contributed by atoms with Crippen LogP contribution in [0.1, 0.15) is 27.7 Å². The lowest BCUT2D eigenvalue weighted by atomic mass is 9.82. The number of nitrogens with zero attached hydrogens (tertiary/aromatic N) is 2. The van der Waals surface area contributed by atoms with Gasteiger partial charge in [-0.1, -0.05) is 17.6 Å². The molecule has 0 aliphatic carbocycles. The zero-order valence-corrected chi connectivity index (χ0v) is 15.9. The van der Waals surface area contributed by atoms with E-state index in [0.717, 1.165) is 44.9 Å². The molecule has 2 aliphatic heterocycles. The highest BCUT2D eigenvalue weighted by Gasteiger charge is 2.35. The van der Waals surface area contributed by atoms with Crippen LogP contribution in [0.2, 0.25) is 0 Å². The van der Waals surface area contributed by atoms with Crippen molar-refractivity contribution >= 4 is 18.6 Å². The summed E-state index contributed by atoms with van der Waals surface area (Å²) < 4.78 is 11.1. The van der Waals surface area contributed by atoms with Gasteiger partial charge in [0, 0.05) is 31.9 Å². The Hall–Kier alpha value is -1.08. The summed E-state index contributed by atoms with van der Waals surface area (Å²) in [6, 6.07) is 9.07. The van der Waals surface area contributed by atoms with Gasteiger partial charge < -0.3 is 19.4 Å². The van der Waals surface area contributed by atoms with Gasteiger partial charge in [0.1, 0.15) is 0 Å². The van der Waals surface area contributed by atoms with Crippen LogP contribution in [0.4, 0.5) is 5.69 Å². The van der Waals surface area contributed by atoms with Crippen molar-refractivity contribution in [2.24, 2.45) is 0 Å². The molecule has 2 aliphatic rings. The van der Waals surface area contributed by atoms with Gasteiger partial charge in [-0.05, 0) is 39.8 Å². The number of hydrogen-bond donors (Lipinski definition) is 1. The van der Waals surface area contributed by atoms with Crippen LogP contribution >= 0.6 is 0 Å². The molecule has 137 valence electrons. The summed E-state index contributed by atoms with van der Waals surface area (Å²) in [6.07, 6.45) is 0. The van der Waals surface area contributed by atoms with Gasteiger partial charge in [-0.15, -0.1) is 0 Å². The molecule has 0 spiro atoms. The molecule has 25 heavy (non-hydrogen) atoms. The Morgan fingerprint density at radius 3 is 2.12 bits per heavy atom. The number of hydrogen-bond acceptors (Lipinski definition) is 5. The maximum atomic E-state index is 10.2. The number of aliphatic hydroxyl groups is 1. The molecule has 1 radical (unpaired) electrons. The average Bonchev–Trinajstić information content (AvgIpc) is 2.52. The Bertz CT molecular complexity index is 559. The molecule has 0 saturated carbocycles. The van der Waals surface area contributed by atoms with E-state index in [1.54, 1.807) is 21.3 Å². The quantitative estimate of drug-likeness (QED) is 0.780. The molecule has 3 rings (SSSR count). The minimum absolute atomic E-state index is 0.635. The van der Waals surface area contributed by atoms with Crippen molar-refractivity contribution in [3.05, 3.63) is 24.3 Å². The van der Waals surface area contributed by atoms with Gasteiger partial charge in [-0.3, -0.25) is 4.90 Å². The summed E-state index contributed by atoms with van der Waals surface area (Å²) in [5.41, 5.74) is 0.705. The van der Waals surface area contributed by atoms with Crippen LogP contribution in [0.3, 0.4) is 0 Å². The van der Waals surface area contributed by atoms with E-state index in [9.17, 15) is 5.11 Å². The van der Waals surface area contributed by atoms with Crippen molar-refractivity contribution in [1.29, 1.82) is 0 Å². The molecule has 1 N–H and O–H groups in total. The molecule has 0 atom stereocenters. The van der Waals surface area contributed by atoms with Gasteiger partial charge in [0.2, 0.25) is 0 Å². The van der Waals surface area contributed by atoms with Crippen molar-refractivity contribution in [3.63, 3.8) is 0 Å². The topological polar surface area (TPSA) is 45.2 Å². The number of benzene rings is 1. The van der Waals surface area contributed by atoms with Crippen molar-refractivity contribution in [2.75, 3.05) is 44.3 Å². The fraction of sp³-hybridized carbons (Fsp3) is 0.684. The molecule has 6 heteroatoms. The maximum absolute atomic E-state index is 10.2. The second-order valence-corrected chi connectivity index (χ2v) is 8.11. The third-order valence-corrected chi connectivity index (χ3v) is 5.67. The SMILES string of the molecule is CC(C)(O)C(C)(C)O[B]c1ccc(N2CCN(C3COC3)CC2)cc1. The minimum Gasteiger partial charge on any atom is -0.427 e. The molecule has 0 aromatic heterocycles. The minimum atomic E-state index is -0.908. The van der Waals surface area contributed by atoms with Crippen molar-refractivity contribution < 1.29 is 14.5 Å². The summed E-state index contributed by atoms with van der Waals surface area (Å²) in [7, 11) is 1.73. The Morgan fingerprint density at radius 2 is 1.64 bits per heavy atom. The third kappa shape index (κ3) is 4.37. The lowest BCUT2D eigenvalue weighted by Crippen LogP contribution is -2.56. The Labute approximate surface area is 152 Å². The van der Waals surface area contributed by atoms with Crippen molar-refractivity contribution in [2.45, 2.75) is 44.9 Å². The van der Waals surface area contributed by atoms with E-state index in [0.29, 0.717) is 6.04 Å². The van der Waals surface area contributed by atoms with Crippen LogP contribution in [0.5, 0.6) is 0 Å². The Morgan fingerprint density at radius 1 is 1.04 bits per heavy atom. The summed E-state index contributed by atoms with van der Waals surface area (Å²) in [6.45, 7) is 13.4. The Kier molecular flexibility index (Phi) is 5.44. The van der Waals surface area contributed by atoms with Crippen molar-refractivity contribution in [3.8, 4) is 0 Å². The van der Waals surface area contributed by atoms with Crippen LogP contribution in [0.25, 0.3) is 0 Å². The molecule has 2 saturated heterocycles. The van der Waals surface area contributed by atoms with E-state index >= 15 is 0 Å². The summed E-state index contributed by atoms with van der Waals surface area (Å²) in [5.74, 6) is 0. The second kappa shape index (κ2) is 7.27. The fourth-order valence-electron chi connectivity index (χ4n) is 2.90. The molecule has 0 bridgehead atoms. The molecule has 2 heterocycles. The summed E-state index contributed by atoms with van der Waals surface area (Å²) in [5, 5.41) is 10.2. The smallest absolute Gasteiger partial charge is 0.330 e. The zero-order chi connectivity index (χ0) is 18.1. The first kappa shape index (κ1) is 18.7. The van der Waals surface area contributed by atoms with E-state index in [2.05, 4.69) is 34.1 Å². The van der Waals surface area contributed by atoms with Gasteiger partial charge >= 0.3 is 7.48 Å². The normalized spacial score (nSPS) is 20.4. The largest absolute Gasteiger partial charge is 0.427 e. The Balaban J connectivity index is 1.51. The predicted molar refractivity (Wildman–Crippen MR) is 102 cm³/mol. The monoisotopic (exact) mass is 345 g/mol. The van der Waals surface area contributed by atoms with E-state index < -0.39 is 11.2 Å². The van der Waals surface area contributed by atoms with E-state index in [1.807, 2.05) is 13.8 Å². The van der Waals surface area contributed by atoms with E-state index in [1.165, 1.54) is 5.69 Å². The maximum Gasteiger partial charge on any atom is 0.330 e. The molecule has 1 aromatic rings. The van der Waals surface area contributed by atoms with Crippen LogP contribution in [0.15, 0.2) is 24.3 Å². The first-order chi connectivity index (χ1) is 11.8. The molecule has 5 nitrogen and oxygen atoms in total. The average molecular weight is 345 g/mol. The van der Waals surface area contributed by atoms with Crippen LogP contribution < -0.4 is 10.4 Å². The highest BCUT2D eigenvalue weighted by Crippen LogP contribution is 2.24. The molecule has 2 fully saturated rings. The highest BCUT2D eigenvalue weighted by molar-refractivity contribution is 6.47. The van der Waals surface area contributed by atoms with E-state index in [4.69, 9.17) is 9.39 Å². The molecular formula is C19H30BN2O3. The second-order valence-electron chi connectivity index (χ2n) is 8.11. The van der Waals surface area contributed by atoms with Crippen LogP contribution in [0, 0.1) is 0 Å². The summed E-state index contributed by atoms with van der Waals surface area (Å²) >= 11 is 0. The number of piperazine rings is 1.